The fourth-order valence-electron chi connectivity index (χ4n) is 3.56. The molecule has 2 aromatic carbocycles. The summed E-state index contributed by atoms with van der Waals surface area (Å²) < 4.78 is 15.8. The van der Waals surface area contributed by atoms with Crippen molar-refractivity contribution in [2.45, 2.75) is 6.42 Å². The van der Waals surface area contributed by atoms with Crippen LogP contribution >= 0.6 is 24.8 Å². The van der Waals surface area contributed by atoms with Gasteiger partial charge in [-0.2, -0.15) is 0 Å². The maximum Gasteiger partial charge on any atom is 0.519 e. The van der Waals surface area contributed by atoms with Gasteiger partial charge in [0.15, 0.2) is 11.5 Å². The van der Waals surface area contributed by atoms with Crippen molar-refractivity contribution in [1.82, 2.24) is 4.90 Å². The van der Waals surface area contributed by atoms with Gasteiger partial charge in [0.05, 0.1) is 7.11 Å². The van der Waals surface area contributed by atoms with E-state index in [1.165, 1.54) is 5.69 Å². The molecule has 1 aromatic heterocycles. The second-order valence-corrected chi connectivity index (χ2v) is 6.85. The topological polar surface area (TPSA) is 59.1 Å². The molecule has 0 spiro atoms. The Kier molecular flexibility index (Phi) is 8.84. The maximum atomic E-state index is 11.7. The molecule has 0 bridgehead atoms. The second-order valence-electron chi connectivity index (χ2n) is 6.85. The van der Waals surface area contributed by atoms with Gasteiger partial charge in [0.1, 0.15) is 5.75 Å². The molecule has 1 fully saturated rings. The van der Waals surface area contributed by atoms with Crippen LogP contribution < -0.4 is 15.5 Å². The molecule has 0 amide bonds. The Bertz CT molecular complexity index is 949. The van der Waals surface area contributed by atoms with Gasteiger partial charge in [0.25, 0.3) is 0 Å². The minimum absolute atomic E-state index is 0. The summed E-state index contributed by atoms with van der Waals surface area (Å²) >= 11 is 0. The largest absolute Gasteiger partial charge is 0.519 e. The van der Waals surface area contributed by atoms with Crippen LogP contribution in [0.15, 0.2) is 68.2 Å². The molecule has 1 aliphatic heterocycles. The Morgan fingerprint density at radius 3 is 2.20 bits per heavy atom. The van der Waals surface area contributed by atoms with Gasteiger partial charge < -0.3 is 18.5 Å². The molecule has 0 saturated carbocycles. The first-order valence-corrected chi connectivity index (χ1v) is 9.52. The van der Waals surface area contributed by atoms with Crippen molar-refractivity contribution in [2.24, 2.45) is 0 Å². The molecule has 0 N–H and O–H groups in total. The van der Waals surface area contributed by atoms with Crippen LogP contribution in [0.2, 0.25) is 0 Å². The summed E-state index contributed by atoms with van der Waals surface area (Å²) in [4.78, 5) is 16.5. The van der Waals surface area contributed by atoms with E-state index in [4.69, 9.17) is 13.6 Å². The summed E-state index contributed by atoms with van der Waals surface area (Å²) in [6, 6.07) is 17.9. The summed E-state index contributed by atoms with van der Waals surface area (Å²) in [5.41, 5.74) is 2.08. The van der Waals surface area contributed by atoms with E-state index in [-0.39, 0.29) is 24.8 Å². The van der Waals surface area contributed by atoms with Gasteiger partial charge in [-0.05, 0) is 36.4 Å². The highest BCUT2D eigenvalue weighted by molar-refractivity contribution is 5.85. The van der Waals surface area contributed by atoms with Gasteiger partial charge >= 0.3 is 5.82 Å². The van der Waals surface area contributed by atoms with Crippen LogP contribution in [-0.2, 0) is 6.42 Å². The quantitative estimate of drug-likeness (QED) is 0.560. The van der Waals surface area contributed by atoms with E-state index < -0.39 is 5.82 Å². The highest BCUT2D eigenvalue weighted by Gasteiger charge is 2.20. The third-order valence-electron chi connectivity index (χ3n) is 5.15. The van der Waals surface area contributed by atoms with E-state index >= 15 is 0 Å². The van der Waals surface area contributed by atoms with Crippen molar-refractivity contribution in [1.29, 1.82) is 0 Å². The number of anilines is 1. The number of benzene rings is 2. The van der Waals surface area contributed by atoms with Gasteiger partial charge in [-0.1, -0.05) is 18.2 Å². The average Bonchev–Trinajstić information content (AvgIpc) is 3.14. The molecule has 0 unspecified atom stereocenters. The third kappa shape index (κ3) is 5.59. The number of piperazine rings is 1. The Labute approximate surface area is 188 Å². The SMILES string of the molecule is COc1ccc(-c2oc(=O)oc2CCN2CCN(c3ccccc3)CC2)cc1.Cl.Cl. The minimum Gasteiger partial charge on any atom is -0.497 e. The minimum atomic E-state index is -0.658. The molecule has 0 atom stereocenters. The van der Waals surface area contributed by atoms with Gasteiger partial charge in [0.2, 0.25) is 0 Å². The molecule has 2 heterocycles. The molecule has 6 nitrogen and oxygen atoms in total. The van der Waals surface area contributed by atoms with E-state index in [0.29, 0.717) is 17.9 Å². The number of rotatable bonds is 6. The number of hydrogen-bond acceptors (Lipinski definition) is 6. The molecule has 1 aliphatic rings. The molecule has 3 aromatic rings. The maximum absolute atomic E-state index is 11.7. The number of para-hydroxylation sites is 1. The summed E-state index contributed by atoms with van der Waals surface area (Å²) in [5, 5.41) is 0. The number of halogens is 2. The first-order chi connectivity index (χ1) is 13.7. The van der Waals surface area contributed by atoms with Gasteiger partial charge in [0, 0.05) is 50.4 Å². The molecule has 162 valence electrons. The lowest BCUT2D eigenvalue weighted by Crippen LogP contribution is -2.47. The molecular formula is C22H26Cl2N2O4. The Hall–Kier alpha value is -2.41. The number of hydrogen-bond donors (Lipinski definition) is 0. The highest BCUT2D eigenvalue weighted by Crippen LogP contribution is 2.26. The van der Waals surface area contributed by atoms with Crippen LogP contribution in [0, 0.1) is 0 Å². The number of ether oxygens (including phenoxy) is 1. The molecule has 30 heavy (non-hydrogen) atoms. The first kappa shape index (κ1) is 23.9. The summed E-state index contributed by atoms with van der Waals surface area (Å²) in [7, 11) is 1.62. The molecule has 0 aliphatic carbocycles. The summed E-state index contributed by atoms with van der Waals surface area (Å²) in [6.45, 7) is 4.77. The van der Waals surface area contributed by atoms with Crippen LogP contribution in [-0.4, -0.2) is 44.7 Å². The zero-order chi connectivity index (χ0) is 19.3. The molecule has 4 rings (SSSR count). The zero-order valence-corrected chi connectivity index (χ0v) is 18.4. The Morgan fingerprint density at radius 1 is 0.900 bits per heavy atom. The predicted molar refractivity (Wildman–Crippen MR) is 123 cm³/mol. The Morgan fingerprint density at radius 2 is 1.57 bits per heavy atom. The van der Waals surface area contributed by atoms with Gasteiger partial charge in [-0.3, -0.25) is 4.90 Å². The lowest BCUT2D eigenvalue weighted by atomic mass is 10.1. The standard InChI is InChI=1S/C22H24N2O4.2ClH/c1-26-19-9-7-17(8-10-19)21-20(27-22(25)28-21)11-12-23-13-15-24(16-14-23)18-5-3-2-4-6-18;;/h2-10H,11-16H2,1H3;2*1H. The predicted octanol–water partition coefficient (Wildman–Crippen LogP) is 4.12. The van der Waals surface area contributed by atoms with E-state index in [9.17, 15) is 4.79 Å². The summed E-state index contributed by atoms with van der Waals surface area (Å²) in [5.74, 6) is 1.21. The third-order valence-corrected chi connectivity index (χ3v) is 5.15. The normalized spacial score (nSPS) is 14.0. The lowest BCUT2D eigenvalue weighted by Gasteiger charge is -2.36. The van der Waals surface area contributed by atoms with Crippen LogP contribution in [0.25, 0.3) is 11.3 Å². The second kappa shape index (κ2) is 11.1. The van der Waals surface area contributed by atoms with Crippen molar-refractivity contribution in [2.75, 3.05) is 44.7 Å². The molecule has 0 radical (unpaired) electrons. The summed E-state index contributed by atoms with van der Waals surface area (Å²) in [6.07, 6.45) is 0.637. The van der Waals surface area contributed by atoms with Crippen LogP contribution in [0.1, 0.15) is 5.76 Å². The number of nitrogens with zero attached hydrogens (tertiary/aromatic N) is 2. The Balaban J connectivity index is 0.00000160. The zero-order valence-electron chi connectivity index (χ0n) is 16.8. The lowest BCUT2D eigenvalue weighted by molar-refractivity contribution is 0.254. The van der Waals surface area contributed by atoms with Crippen molar-refractivity contribution >= 4 is 30.5 Å². The van der Waals surface area contributed by atoms with Crippen LogP contribution in [0.3, 0.4) is 0 Å². The fourth-order valence-corrected chi connectivity index (χ4v) is 3.56. The molecule has 8 heteroatoms. The van der Waals surface area contributed by atoms with Crippen LogP contribution in [0.5, 0.6) is 5.75 Å². The van der Waals surface area contributed by atoms with E-state index in [1.807, 2.05) is 30.3 Å². The molecular weight excluding hydrogens is 427 g/mol. The highest BCUT2D eigenvalue weighted by atomic mass is 35.5. The smallest absolute Gasteiger partial charge is 0.497 e. The monoisotopic (exact) mass is 452 g/mol. The van der Waals surface area contributed by atoms with Crippen molar-refractivity contribution in [3.8, 4) is 17.1 Å². The van der Waals surface area contributed by atoms with E-state index in [2.05, 4.69) is 34.1 Å². The van der Waals surface area contributed by atoms with Crippen molar-refractivity contribution in [3.63, 3.8) is 0 Å². The van der Waals surface area contributed by atoms with E-state index in [1.54, 1.807) is 7.11 Å². The average molecular weight is 453 g/mol. The first-order valence-electron chi connectivity index (χ1n) is 9.52. The van der Waals surface area contributed by atoms with E-state index in [0.717, 1.165) is 44.0 Å². The van der Waals surface area contributed by atoms with Gasteiger partial charge in [-0.15, -0.1) is 24.8 Å². The van der Waals surface area contributed by atoms with Gasteiger partial charge in [-0.25, -0.2) is 4.79 Å². The van der Waals surface area contributed by atoms with Crippen molar-refractivity contribution in [3.05, 3.63) is 71.0 Å². The number of methoxy groups -OCH3 is 1. The molecule has 1 saturated heterocycles. The fraction of sp³-hybridized carbons (Fsp3) is 0.318. The van der Waals surface area contributed by atoms with Crippen LogP contribution in [0.4, 0.5) is 5.69 Å². The van der Waals surface area contributed by atoms with Crippen molar-refractivity contribution < 1.29 is 13.6 Å².